The van der Waals surface area contributed by atoms with Gasteiger partial charge in [0.2, 0.25) is 0 Å². The van der Waals surface area contributed by atoms with E-state index in [9.17, 15) is 15.3 Å². The molecule has 0 heterocycles. The van der Waals surface area contributed by atoms with Crippen LogP contribution in [0.5, 0.6) is 11.5 Å². The van der Waals surface area contributed by atoms with Crippen LogP contribution in [0.2, 0.25) is 0 Å². The van der Waals surface area contributed by atoms with Gasteiger partial charge in [0.1, 0.15) is 11.5 Å². The molecule has 1 aromatic rings. The maximum Gasteiger partial charge on any atom is 0.123 e. The number of hydrogen-bond acceptors (Lipinski definition) is 3. The first-order valence-electron chi connectivity index (χ1n) is 8.23. The van der Waals surface area contributed by atoms with Gasteiger partial charge in [-0.3, -0.25) is 0 Å². The zero-order valence-electron chi connectivity index (χ0n) is 12.5. The Kier molecular flexibility index (Phi) is 2.81. The Hall–Kier alpha value is -1.22. The maximum absolute atomic E-state index is 10.4. The lowest BCUT2D eigenvalue weighted by atomic mass is 9.55. The molecule has 3 heteroatoms. The number of phenolic OH excluding ortho intramolecular Hbond substituents is 2. The third-order valence-corrected chi connectivity index (χ3v) is 6.73. The number of benzene rings is 1. The van der Waals surface area contributed by atoms with Gasteiger partial charge < -0.3 is 15.3 Å². The van der Waals surface area contributed by atoms with Crippen LogP contribution in [0.25, 0.3) is 0 Å². The molecule has 4 rings (SSSR count). The molecule has 0 aromatic heterocycles. The Morgan fingerprint density at radius 1 is 1.10 bits per heavy atom. The summed E-state index contributed by atoms with van der Waals surface area (Å²) in [5.74, 6) is 1.98. The molecule has 0 aliphatic heterocycles. The quantitative estimate of drug-likeness (QED) is 0.686. The van der Waals surface area contributed by atoms with E-state index >= 15 is 0 Å². The fourth-order valence-electron chi connectivity index (χ4n) is 5.66. The van der Waals surface area contributed by atoms with Gasteiger partial charge in [0.05, 0.1) is 6.10 Å². The van der Waals surface area contributed by atoms with Crippen molar-refractivity contribution < 1.29 is 15.3 Å². The maximum atomic E-state index is 10.4. The highest BCUT2D eigenvalue weighted by molar-refractivity contribution is 5.49. The molecule has 21 heavy (non-hydrogen) atoms. The highest BCUT2D eigenvalue weighted by Gasteiger charge is 2.54. The Morgan fingerprint density at radius 2 is 1.90 bits per heavy atom. The largest absolute Gasteiger partial charge is 0.508 e. The number of aromatic hydroxyl groups is 2. The third kappa shape index (κ3) is 1.76. The number of aliphatic hydroxyl groups is 1. The molecular weight excluding hydrogens is 264 g/mol. The van der Waals surface area contributed by atoms with Crippen LogP contribution in [-0.4, -0.2) is 21.4 Å². The topological polar surface area (TPSA) is 60.7 Å². The fraction of sp³-hybridized carbons (Fsp3) is 0.667. The molecular formula is C18H24O3. The molecule has 3 aliphatic carbocycles. The summed E-state index contributed by atoms with van der Waals surface area (Å²) in [6.45, 7) is 2.26. The van der Waals surface area contributed by atoms with Crippen LogP contribution in [0.1, 0.15) is 56.1 Å². The van der Waals surface area contributed by atoms with Crippen molar-refractivity contribution in [3.8, 4) is 11.5 Å². The monoisotopic (exact) mass is 288 g/mol. The summed E-state index contributed by atoms with van der Waals surface area (Å²) in [5.41, 5.74) is 2.27. The first kappa shape index (κ1) is 13.4. The van der Waals surface area contributed by atoms with Crippen LogP contribution >= 0.6 is 0 Å². The van der Waals surface area contributed by atoms with Crippen LogP contribution in [0, 0.1) is 17.3 Å². The molecule has 3 N–H and O–H groups in total. The van der Waals surface area contributed by atoms with Gasteiger partial charge in [-0.25, -0.2) is 0 Å². The van der Waals surface area contributed by atoms with E-state index in [1.165, 1.54) is 6.07 Å². The van der Waals surface area contributed by atoms with E-state index in [4.69, 9.17) is 0 Å². The van der Waals surface area contributed by atoms with Crippen molar-refractivity contribution in [1.29, 1.82) is 0 Å². The minimum Gasteiger partial charge on any atom is -0.508 e. The van der Waals surface area contributed by atoms with E-state index in [-0.39, 0.29) is 23.0 Å². The summed E-state index contributed by atoms with van der Waals surface area (Å²) in [6.07, 6.45) is 6.03. The standard InChI is InChI=1S/C18H24O3/c1-18-7-6-13-12(14(18)4-5-16(18)21)3-2-10-8-11(19)9-15(20)17(10)13/h8-9,12-14,16,19-21H,2-7H2,1H3/t12-,13-,14-,16-,18-/m0/s1. The summed E-state index contributed by atoms with van der Waals surface area (Å²) < 4.78 is 0. The first-order valence-corrected chi connectivity index (χ1v) is 8.23. The fourth-order valence-corrected chi connectivity index (χ4v) is 5.66. The Balaban J connectivity index is 1.75. The smallest absolute Gasteiger partial charge is 0.123 e. The zero-order chi connectivity index (χ0) is 14.8. The lowest BCUT2D eigenvalue weighted by Gasteiger charge is -2.50. The SMILES string of the molecule is C[C@]12CC[C@@H]3c4c(O)cc(O)cc4CC[C@@H]3[C@@H]1CC[C@@H]2O. The van der Waals surface area contributed by atoms with Gasteiger partial charge in [-0.2, -0.15) is 0 Å². The summed E-state index contributed by atoms with van der Waals surface area (Å²) in [4.78, 5) is 0. The molecule has 0 unspecified atom stereocenters. The van der Waals surface area contributed by atoms with E-state index in [1.807, 2.05) is 6.07 Å². The lowest BCUT2D eigenvalue weighted by Crippen LogP contribution is -2.43. The Bertz CT molecular complexity index is 582. The van der Waals surface area contributed by atoms with Crippen LogP contribution in [0.4, 0.5) is 0 Å². The Labute approximate surface area is 125 Å². The van der Waals surface area contributed by atoms with Crippen molar-refractivity contribution in [1.82, 2.24) is 0 Å². The van der Waals surface area contributed by atoms with Crippen molar-refractivity contribution in [3.63, 3.8) is 0 Å². The average Bonchev–Trinajstić information content (AvgIpc) is 2.74. The van der Waals surface area contributed by atoms with Crippen molar-refractivity contribution in [2.24, 2.45) is 17.3 Å². The molecule has 1 aromatic carbocycles. The minimum absolute atomic E-state index is 0.0746. The van der Waals surface area contributed by atoms with E-state index in [0.29, 0.717) is 17.8 Å². The molecule has 0 saturated heterocycles. The summed E-state index contributed by atoms with van der Waals surface area (Å²) >= 11 is 0. The number of hydrogen-bond donors (Lipinski definition) is 3. The predicted molar refractivity (Wildman–Crippen MR) is 80.4 cm³/mol. The van der Waals surface area contributed by atoms with Gasteiger partial charge in [-0.1, -0.05) is 6.92 Å². The van der Waals surface area contributed by atoms with Gasteiger partial charge in [0, 0.05) is 11.6 Å². The normalized spacial score (nSPS) is 41.2. The van der Waals surface area contributed by atoms with Crippen LogP contribution in [-0.2, 0) is 6.42 Å². The molecule has 0 spiro atoms. The molecule has 0 radical (unpaired) electrons. The second-order valence-electron chi connectivity index (χ2n) is 7.59. The summed E-state index contributed by atoms with van der Waals surface area (Å²) in [7, 11) is 0. The second kappa shape index (κ2) is 4.39. The van der Waals surface area contributed by atoms with Crippen LogP contribution in [0.15, 0.2) is 12.1 Å². The van der Waals surface area contributed by atoms with Crippen molar-refractivity contribution in [3.05, 3.63) is 23.3 Å². The van der Waals surface area contributed by atoms with Gasteiger partial charge in [0.15, 0.2) is 0 Å². The second-order valence-corrected chi connectivity index (χ2v) is 7.59. The van der Waals surface area contributed by atoms with Gasteiger partial charge in [-0.05, 0) is 73.3 Å². The number of aryl methyl sites for hydroxylation is 1. The van der Waals surface area contributed by atoms with E-state index in [0.717, 1.165) is 49.7 Å². The number of rotatable bonds is 0. The predicted octanol–water partition coefficient (Wildman–Crippen LogP) is 3.31. The molecule has 114 valence electrons. The van der Waals surface area contributed by atoms with Crippen molar-refractivity contribution in [2.45, 2.75) is 57.5 Å². The van der Waals surface area contributed by atoms with Crippen LogP contribution in [0.3, 0.4) is 0 Å². The van der Waals surface area contributed by atoms with Crippen LogP contribution < -0.4 is 0 Å². The van der Waals surface area contributed by atoms with Gasteiger partial charge >= 0.3 is 0 Å². The molecule has 0 bridgehead atoms. The third-order valence-electron chi connectivity index (χ3n) is 6.73. The highest BCUT2D eigenvalue weighted by atomic mass is 16.3. The minimum atomic E-state index is -0.154. The molecule has 0 amide bonds. The van der Waals surface area contributed by atoms with Gasteiger partial charge in [0.25, 0.3) is 0 Å². The molecule has 2 saturated carbocycles. The Morgan fingerprint density at radius 3 is 2.71 bits per heavy atom. The van der Waals surface area contributed by atoms with E-state index in [1.54, 1.807) is 0 Å². The number of phenols is 2. The van der Waals surface area contributed by atoms with E-state index in [2.05, 4.69) is 6.92 Å². The lowest BCUT2D eigenvalue weighted by molar-refractivity contribution is -0.0229. The number of aliphatic hydroxyl groups excluding tert-OH is 1. The van der Waals surface area contributed by atoms with Crippen molar-refractivity contribution >= 4 is 0 Å². The van der Waals surface area contributed by atoms with Crippen molar-refractivity contribution in [2.75, 3.05) is 0 Å². The first-order chi connectivity index (χ1) is 10.0. The summed E-state index contributed by atoms with van der Waals surface area (Å²) in [5, 5.41) is 30.4. The molecule has 5 atom stereocenters. The number of fused-ring (bicyclic) bond motifs is 5. The molecule has 3 aliphatic rings. The summed E-state index contributed by atoms with van der Waals surface area (Å²) in [6, 6.07) is 3.31. The zero-order valence-corrected chi connectivity index (χ0v) is 12.5. The van der Waals surface area contributed by atoms with E-state index < -0.39 is 0 Å². The van der Waals surface area contributed by atoms with Gasteiger partial charge in [-0.15, -0.1) is 0 Å². The highest BCUT2D eigenvalue weighted by Crippen LogP contribution is 2.61. The average molecular weight is 288 g/mol. The molecule has 3 nitrogen and oxygen atoms in total. The molecule has 2 fully saturated rings.